The van der Waals surface area contributed by atoms with Crippen molar-refractivity contribution in [2.75, 3.05) is 10.4 Å². The molecule has 6 heteroatoms. The summed E-state index contributed by atoms with van der Waals surface area (Å²) >= 11 is 3.62. The lowest BCUT2D eigenvalue weighted by Crippen LogP contribution is -2.03. The number of aromatic amines is 1. The third-order valence-corrected chi connectivity index (χ3v) is 5.56. The molecule has 0 bridgehead atoms. The smallest absolute Gasteiger partial charge is 0.256 e. The Kier molecular flexibility index (Phi) is 2.46. The summed E-state index contributed by atoms with van der Waals surface area (Å²) in [6.07, 6.45) is 5.18. The molecule has 0 atom stereocenters. The molecule has 94 valence electrons. The standard InChI is InChI=1S/C13H9N3OS2/c17-13-8(3-7-4-14-5-15-7)11-9(16-13)1-2-10-12(11)19-6-18-10/h1-5H,6H2,(H,14,15)(H,16,17)/b8-3-. The summed E-state index contributed by atoms with van der Waals surface area (Å²) in [6.45, 7) is 0. The van der Waals surface area contributed by atoms with Crippen molar-refractivity contribution in [2.45, 2.75) is 9.79 Å². The highest BCUT2D eigenvalue weighted by molar-refractivity contribution is 8.18. The van der Waals surface area contributed by atoms with Crippen LogP contribution in [0.3, 0.4) is 0 Å². The van der Waals surface area contributed by atoms with Crippen LogP contribution in [0.25, 0.3) is 11.6 Å². The molecule has 2 aliphatic rings. The molecule has 2 N–H and O–H groups in total. The molecule has 0 unspecified atom stereocenters. The van der Waals surface area contributed by atoms with Gasteiger partial charge in [-0.25, -0.2) is 4.98 Å². The number of imidazole rings is 1. The summed E-state index contributed by atoms with van der Waals surface area (Å²) < 4.78 is 0. The summed E-state index contributed by atoms with van der Waals surface area (Å²) in [5.41, 5.74) is 3.49. The Bertz CT molecular complexity index is 707. The number of anilines is 1. The number of carbonyl (C=O) groups is 1. The summed E-state index contributed by atoms with van der Waals surface area (Å²) in [4.78, 5) is 21.6. The Balaban J connectivity index is 1.92. The molecule has 0 radical (unpaired) electrons. The highest BCUT2D eigenvalue weighted by atomic mass is 32.2. The van der Waals surface area contributed by atoms with E-state index in [-0.39, 0.29) is 5.91 Å². The zero-order valence-electron chi connectivity index (χ0n) is 9.77. The summed E-state index contributed by atoms with van der Waals surface area (Å²) in [5, 5.41) is 3.94. The van der Waals surface area contributed by atoms with Crippen LogP contribution in [0.2, 0.25) is 0 Å². The maximum Gasteiger partial charge on any atom is 0.256 e. The van der Waals surface area contributed by atoms with Gasteiger partial charge in [0.2, 0.25) is 0 Å². The molecule has 0 aliphatic carbocycles. The SMILES string of the molecule is O=C1Nc2ccc3c(c2/C1=C/c1cnc[nH]1)SCS3. The molecule has 0 fully saturated rings. The van der Waals surface area contributed by atoms with Gasteiger partial charge in [0.05, 0.1) is 29.5 Å². The number of hydrogen-bond acceptors (Lipinski definition) is 4. The van der Waals surface area contributed by atoms with Crippen LogP contribution in [-0.4, -0.2) is 21.0 Å². The van der Waals surface area contributed by atoms with E-state index in [9.17, 15) is 4.79 Å². The van der Waals surface area contributed by atoms with E-state index < -0.39 is 0 Å². The van der Waals surface area contributed by atoms with E-state index in [2.05, 4.69) is 21.4 Å². The van der Waals surface area contributed by atoms with E-state index in [1.165, 1.54) is 9.79 Å². The normalized spacial score (nSPS) is 18.5. The highest BCUT2D eigenvalue weighted by Gasteiger charge is 2.30. The van der Waals surface area contributed by atoms with Crippen molar-refractivity contribution in [3.05, 3.63) is 35.9 Å². The van der Waals surface area contributed by atoms with Crippen molar-refractivity contribution in [3.63, 3.8) is 0 Å². The molecule has 3 heterocycles. The summed E-state index contributed by atoms with van der Waals surface area (Å²) in [6, 6.07) is 4.07. The molecule has 1 aromatic heterocycles. The van der Waals surface area contributed by atoms with Gasteiger partial charge in [0.1, 0.15) is 0 Å². The number of fused-ring (bicyclic) bond motifs is 3. The van der Waals surface area contributed by atoms with Gasteiger partial charge in [-0.15, -0.1) is 23.5 Å². The number of thioether (sulfide) groups is 2. The minimum atomic E-state index is -0.0458. The molecule has 1 amide bonds. The van der Waals surface area contributed by atoms with E-state index in [0.29, 0.717) is 5.57 Å². The number of aromatic nitrogens is 2. The van der Waals surface area contributed by atoms with Gasteiger partial charge < -0.3 is 10.3 Å². The number of nitrogens with one attached hydrogen (secondary N) is 2. The molecule has 4 rings (SSSR count). The van der Waals surface area contributed by atoms with Gasteiger partial charge in [0, 0.05) is 20.4 Å². The van der Waals surface area contributed by atoms with Crippen molar-refractivity contribution >= 4 is 46.8 Å². The first kappa shape index (κ1) is 11.2. The minimum absolute atomic E-state index is 0.0458. The van der Waals surface area contributed by atoms with Crippen LogP contribution in [-0.2, 0) is 4.79 Å². The second-order valence-electron chi connectivity index (χ2n) is 4.24. The largest absolute Gasteiger partial charge is 0.345 e. The Labute approximate surface area is 118 Å². The maximum absolute atomic E-state index is 12.1. The van der Waals surface area contributed by atoms with E-state index in [4.69, 9.17) is 0 Å². The topological polar surface area (TPSA) is 57.8 Å². The average Bonchev–Trinajstić information content (AvgIpc) is 3.10. The van der Waals surface area contributed by atoms with Crippen LogP contribution in [0.15, 0.2) is 34.4 Å². The van der Waals surface area contributed by atoms with Crippen LogP contribution in [0, 0.1) is 0 Å². The van der Waals surface area contributed by atoms with E-state index in [0.717, 1.165) is 22.0 Å². The van der Waals surface area contributed by atoms with Crippen LogP contribution < -0.4 is 5.32 Å². The van der Waals surface area contributed by atoms with Crippen LogP contribution in [0.4, 0.5) is 5.69 Å². The van der Waals surface area contributed by atoms with Crippen molar-refractivity contribution in [1.29, 1.82) is 0 Å². The second-order valence-corrected chi connectivity index (χ2v) is 6.61. The molecule has 0 saturated carbocycles. The summed E-state index contributed by atoms with van der Waals surface area (Å²) in [5.74, 6) is -0.0458. The van der Waals surface area contributed by atoms with E-state index in [1.807, 2.05) is 23.9 Å². The molecule has 4 nitrogen and oxygen atoms in total. The Hall–Kier alpha value is -1.66. The number of hydrogen-bond donors (Lipinski definition) is 2. The number of nitrogens with zero attached hydrogens (tertiary/aromatic N) is 1. The molecule has 1 aromatic carbocycles. The van der Waals surface area contributed by atoms with Gasteiger partial charge in [-0.05, 0) is 18.2 Å². The molecule has 0 spiro atoms. The second kappa shape index (κ2) is 4.18. The number of amides is 1. The fourth-order valence-corrected chi connectivity index (χ4v) is 4.83. The minimum Gasteiger partial charge on any atom is -0.345 e. The lowest BCUT2D eigenvalue weighted by atomic mass is 10.1. The first-order chi connectivity index (χ1) is 9.33. The number of benzene rings is 1. The van der Waals surface area contributed by atoms with Crippen molar-refractivity contribution in [3.8, 4) is 0 Å². The third kappa shape index (κ3) is 1.71. The van der Waals surface area contributed by atoms with Gasteiger partial charge in [-0.1, -0.05) is 0 Å². The molecule has 0 saturated heterocycles. The zero-order chi connectivity index (χ0) is 12.8. The lowest BCUT2D eigenvalue weighted by Gasteiger charge is -2.04. The first-order valence-corrected chi connectivity index (χ1v) is 7.74. The van der Waals surface area contributed by atoms with Crippen molar-refractivity contribution < 1.29 is 4.79 Å². The Morgan fingerprint density at radius 3 is 3.11 bits per heavy atom. The summed E-state index contributed by atoms with van der Waals surface area (Å²) in [7, 11) is 0. The van der Waals surface area contributed by atoms with Crippen LogP contribution >= 0.6 is 23.5 Å². The highest BCUT2D eigenvalue weighted by Crippen LogP contribution is 2.50. The number of rotatable bonds is 1. The fourth-order valence-electron chi connectivity index (χ4n) is 2.29. The van der Waals surface area contributed by atoms with E-state index >= 15 is 0 Å². The van der Waals surface area contributed by atoms with Gasteiger partial charge in [0.15, 0.2) is 0 Å². The van der Waals surface area contributed by atoms with Gasteiger partial charge >= 0.3 is 0 Å². The van der Waals surface area contributed by atoms with Gasteiger partial charge in [0.25, 0.3) is 5.91 Å². The Morgan fingerprint density at radius 1 is 1.32 bits per heavy atom. The lowest BCUT2D eigenvalue weighted by molar-refractivity contribution is -0.110. The molecular formula is C13H9N3OS2. The van der Waals surface area contributed by atoms with E-state index in [1.54, 1.807) is 24.3 Å². The van der Waals surface area contributed by atoms with Crippen LogP contribution in [0.5, 0.6) is 0 Å². The molecule has 19 heavy (non-hydrogen) atoms. The molecule has 2 aliphatic heterocycles. The van der Waals surface area contributed by atoms with Gasteiger partial charge in [-0.2, -0.15) is 0 Å². The monoisotopic (exact) mass is 287 g/mol. The van der Waals surface area contributed by atoms with Gasteiger partial charge in [-0.3, -0.25) is 4.79 Å². The quantitative estimate of drug-likeness (QED) is 0.791. The Morgan fingerprint density at radius 2 is 2.26 bits per heavy atom. The van der Waals surface area contributed by atoms with Crippen LogP contribution in [0.1, 0.15) is 11.3 Å². The first-order valence-electron chi connectivity index (χ1n) is 5.77. The zero-order valence-corrected chi connectivity index (χ0v) is 11.4. The molecule has 2 aromatic rings. The maximum atomic E-state index is 12.1. The number of H-pyrrole nitrogens is 1. The average molecular weight is 287 g/mol. The predicted octanol–water partition coefficient (Wildman–Crippen LogP) is 3.06. The third-order valence-electron chi connectivity index (χ3n) is 3.12. The fraction of sp³-hybridized carbons (Fsp3) is 0.0769. The molecular weight excluding hydrogens is 278 g/mol. The van der Waals surface area contributed by atoms with Crippen molar-refractivity contribution in [1.82, 2.24) is 9.97 Å². The van der Waals surface area contributed by atoms with Crippen molar-refractivity contribution in [2.24, 2.45) is 0 Å². The number of carbonyl (C=O) groups excluding carboxylic acids is 1. The predicted molar refractivity (Wildman–Crippen MR) is 78.1 cm³/mol.